The average molecular weight is 334 g/mol. The Morgan fingerprint density at radius 1 is 1.43 bits per heavy atom. The second-order valence-corrected chi connectivity index (χ2v) is 6.63. The second kappa shape index (κ2) is 7.72. The number of aromatic nitrogens is 2. The van der Waals surface area contributed by atoms with Gasteiger partial charge in [0.2, 0.25) is 0 Å². The lowest BCUT2D eigenvalue weighted by Crippen LogP contribution is -2.37. The molecule has 1 fully saturated rings. The summed E-state index contributed by atoms with van der Waals surface area (Å²) in [4.78, 5) is 10.7. The van der Waals surface area contributed by atoms with Gasteiger partial charge in [-0.05, 0) is 41.1 Å². The van der Waals surface area contributed by atoms with Crippen molar-refractivity contribution in [1.82, 2.24) is 9.97 Å². The maximum absolute atomic E-state index is 10.1. The molecule has 3 rings (SSSR count). The Labute approximate surface area is 139 Å². The predicted octanol–water partition coefficient (Wildman–Crippen LogP) is 1.89. The Hall–Kier alpha value is -1.70. The van der Waals surface area contributed by atoms with Crippen molar-refractivity contribution in [2.75, 3.05) is 36.5 Å². The van der Waals surface area contributed by atoms with E-state index in [4.69, 9.17) is 0 Å². The molecule has 1 saturated heterocycles. The summed E-state index contributed by atoms with van der Waals surface area (Å²) in [6, 6.07) is 3.82. The lowest BCUT2D eigenvalue weighted by molar-refractivity contribution is 0.192. The molecule has 2 aromatic heterocycles. The van der Waals surface area contributed by atoms with Gasteiger partial charge in [0, 0.05) is 32.3 Å². The van der Waals surface area contributed by atoms with Gasteiger partial charge >= 0.3 is 0 Å². The van der Waals surface area contributed by atoms with Crippen molar-refractivity contribution < 1.29 is 10.2 Å². The molecular weight excluding hydrogens is 312 g/mol. The number of nitrogens with one attached hydrogen (secondary N) is 1. The van der Waals surface area contributed by atoms with Gasteiger partial charge in [-0.1, -0.05) is 0 Å². The molecular formula is C16H22N4O2S. The van der Waals surface area contributed by atoms with Gasteiger partial charge in [-0.25, -0.2) is 9.97 Å². The molecule has 0 aromatic carbocycles. The first kappa shape index (κ1) is 16.2. The summed E-state index contributed by atoms with van der Waals surface area (Å²) < 4.78 is 0. The monoisotopic (exact) mass is 334 g/mol. The van der Waals surface area contributed by atoms with Gasteiger partial charge in [-0.2, -0.15) is 11.3 Å². The molecule has 3 heterocycles. The van der Waals surface area contributed by atoms with E-state index < -0.39 is 6.10 Å². The Morgan fingerprint density at radius 2 is 2.35 bits per heavy atom. The maximum Gasteiger partial charge on any atom is 0.134 e. The van der Waals surface area contributed by atoms with Crippen molar-refractivity contribution in [2.45, 2.75) is 18.9 Å². The third-order valence-corrected chi connectivity index (χ3v) is 4.86. The molecule has 0 bridgehead atoms. The predicted molar refractivity (Wildman–Crippen MR) is 91.8 cm³/mol. The summed E-state index contributed by atoms with van der Waals surface area (Å²) >= 11 is 1.57. The first-order valence-electron chi connectivity index (χ1n) is 7.88. The minimum atomic E-state index is -0.548. The zero-order chi connectivity index (χ0) is 16.1. The SMILES string of the molecule is OCC1CCCN(c2cc(NCC(O)c3ccsc3)ncn2)C1. The Kier molecular flexibility index (Phi) is 5.43. The highest BCUT2D eigenvalue weighted by Crippen LogP contribution is 2.23. The normalized spacial score (nSPS) is 19.6. The highest BCUT2D eigenvalue weighted by molar-refractivity contribution is 7.07. The number of aliphatic hydroxyl groups excluding tert-OH is 2. The second-order valence-electron chi connectivity index (χ2n) is 5.85. The van der Waals surface area contributed by atoms with E-state index in [0.717, 1.165) is 37.3 Å². The first-order valence-corrected chi connectivity index (χ1v) is 8.82. The molecule has 0 radical (unpaired) electrons. The molecule has 2 atom stereocenters. The summed E-state index contributed by atoms with van der Waals surface area (Å²) in [7, 11) is 0. The third kappa shape index (κ3) is 4.19. The van der Waals surface area contributed by atoms with Crippen molar-refractivity contribution in [1.29, 1.82) is 0 Å². The Balaban J connectivity index is 1.61. The van der Waals surface area contributed by atoms with Gasteiger partial charge in [-0.15, -0.1) is 0 Å². The van der Waals surface area contributed by atoms with E-state index in [9.17, 15) is 10.2 Å². The van der Waals surface area contributed by atoms with E-state index >= 15 is 0 Å². The van der Waals surface area contributed by atoms with Crippen molar-refractivity contribution >= 4 is 23.0 Å². The summed E-state index contributed by atoms with van der Waals surface area (Å²) in [5, 5.41) is 26.5. The van der Waals surface area contributed by atoms with Crippen molar-refractivity contribution in [2.24, 2.45) is 5.92 Å². The lowest BCUT2D eigenvalue weighted by Gasteiger charge is -2.32. The van der Waals surface area contributed by atoms with Crippen LogP contribution in [-0.2, 0) is 0 Å². The van der Waals surface area contributed by atoms with Crippen LogP contribution in [0, 0.1) is 5.92 Å². The summed E-state index contributed by atoms with van der Waals surface area (Å²) in [6.07, 6.45) is 3.12. The third-order valence-electron chi connectivity index (χ3n) is 4.16. The number of anilines is 2. The fourth-order valence-electron chi connectivity index (χ4n) is 2.82. The van der Waals surface area contributed by atoms with Crippen LogP contribution in [0.2, 0.25) is 0 Å². The molecule has 1 aliphatic rings. The maximum atomic E-state index is 10.1. The number of hydrogen-bond acceptors (Lipinski definition) is 7. The molecule has 0 aliphatic carbocycles. The van der Waals surface area contributed by atoms with Crippen LogP contribution < -0.4 is 10.2 Å². The smallest absolute Gasteiger partial charge is 0.134 e. The van der Waals surface area contributed by atoms with Crippen LogP contribution in [-0.4, -0.2) is 46.4 Å². The molecule has 0 amide bonds. The molecule has 23 heavy (non-hydrogen) atoms. The number of piperidine rings is 1. The largest absolute Gasteiger partial charge is 0.396 e. The van der Waals surface area contributed by atoms with Crippen LogP contribution in [0.3, 0.4) is 0 Å². The number of thiophene rings is 1. The number of rotatable bonds is 6. The molecule has 1 aliphatic heterocycles. The van der Waals surface area contributed by atoms with Crippen LogP contribution in [0.15, 0.2) is 29.2 Å². The van der Waals surface area contributed by atoms with Gasteiger partial charge in [0.05, 0.1) is 6.10 Å². The van der Waals surface area contributed by atoms with Crippen LogP contribution in [0.5, 0.6) is 0 Å². The number of aliphatic hydroxyl groups is 2. The van der Waals surface area contributed by atoms with Gasteiger partial charge in [0.25, 0.3) is 0 Å². The van der Waals surface area contributed by atoms with Gasteiger partial charge in [0.15, 0.2) is 0 Å². The molecule has 2 aromatic rings. The first-order chi connectivity index (χ1) is 11.3. The lowest BCUT2D eigenvalue weighted by atomic mass is 9.99. The molecule has 0 saturated carbocycles. The average Bonchev–Trinajstić information content (AvgIpc) is 3.15. The fraction of sp³-hybridized carbons (Fsp3) is 0.500. The minimum Gasteiger partial charge on any atom is -0.396 e. The van der Waals surface area contributed by atoms with Crippen LogP contribution >= 0.6 is 11.3 Å². The summed E-state index contributed by atoms with van der Waals surface area (Å²) in [5.74, 6) is 1.89. The van der Waals surface area contributed by atoms with Gasteiger partial charge < -0.3 is 20.4 Å². The topological polar surface area (TPSA) is 81.5 Å². The summed E-state index contributed by atoms with van der Waals surface area (Å²) in [5.41, 5.74) is 0.915. The molecule has 2 unspecified atom stereocenters. The molecule has 0 spiro atoms. The van der Waals surface area contributed by atoms with E-state index in [1.807, 2.05) is 22.9 Å². The standard InChI is InChI=1S/C16H22N4O2S/c21-9-12-2-1-4-20(8-12)16-6-15(18-11-19-16)17-7-14(22)13-3-5-23-10-13/h3,5-6,10-12,14,21-22H,1-2,4,7-9H2,(H,17,18,19). The van der Waals surface area contributed by atoms with E-state index in [2.05, 4.69) is 20.2 Å². The van der Waals surface area contributed by atoms with Gasteiger partial charge in [-0.3, -0.25) is 0 Å². The Morgan fingerprint density at radius 3 is 3.13 bits per heavy atom. The van der Waals surface area contributed by atoms with Crippen LogP contribution in [0.4, 0.5) is 11.6 Å². The summed E-state index contributed by atoms with van der Waals surface area (Å²) in [6.45, 7) is 2.40. The molecule has 124 valence electrons. The van der Waals surface area contributed by atoms with E-state index in [1.54, 1.807) is 11.3 Å². The molecule has 3 N–H and O–H groups in total. The quantitative estimate of drug-likeness (QED) is 0.748. The highest BCUT2D eigenvalue weighted by Gasteiger charge is 2.20. The van der Waals surface area contributed by atoms with E-state index in [1.165, 1.54) is 6.33 Å². The highest BCUT2D eigenvalue weighted by atomic mass is 32.1. The van der Waals surface area contributed by atoms with Gasteiger partial charge in [0.1, 0.15) is 18.0 Å². The molecule has 6 nitrogen and oxygen atoms in total. The Bertz CT molecular complexity index is 608. The van der Waals surface area contributed by atoms with Crippen LogP contribution in [0.1, 0.15) is 24.5 Å². The number of hydrogen-bond donors (Lipinski definition) is 3. The molecule has 7 heteroatoms. The van der Waals surface area contributed by atoms with E-state index in [-0.39, 0.29) is 6.61 Å². The number of nitrogens with zero attached hydrogens (tertiary/aromatic N) is 3. The van der Waals surface area contributed by atoms with Crippen LogP contribution in [0.25, 0.3) is 0 Å². The van der Waals surface area contributed by atoms with E-state index in [0.29, 0.717) is 18.3 Å². The van der Waals surface area contributed by atoms with Crippen molar-refractivity contribution in [3.05, 3.63) is 34.8 Å². The van der Waals surface area contributed by atoms with Crippen molar-refractivity contribution in [3.63, 3.8) is 0 Å². The zero-order valence-electron chi connectivity index (χ0n) is 12.9. The fourth-order valence-corrected chi connectivity index (χ4v) is 3.53. The minimum absolute atomic E-state index is 0.222. The zero-order valence-corrected chi connectivity index (χ0v) is 13.7. The van der Waals surface area contributed by atoms with Crippen molar-refractivity contribution in [3.8, 4) is 0 Å².